The van der Waals surface area contributed by atoms with Crippen LogP contribution in [0.25, 0.3) is 0 Å². The van der Waals surface area contributed by atoms with Crippen molar-refractivity contribution in [2.75, 3.05) is 23.7 Å². The van der Waals surface area contributed by atoms with Crippen molar-refractivity contribution in [3.05, 3.63) is 24.3 Å². The number of nitrogens with two attached hydrogens (primary N) is 1. The zero-order valence-corrected chi connectivity index (χ0v) is 13.0. The lowest BCUT2D eigenvalue weighted by Gasteiger charge is -2.29. The summed E-state index contributed by atoms with van der Waals surface area (Å²) in [6.45, 7) is 3.72. The summed E-state index contributed by atoms with van der Waals surface area (Å²) < 4.78 is 0. The highest BCUT2D eigenvalue weighted by molar-refractivity contribution is 7.99. The minimum atomic E-state index is 0.258. The fraction of sp³-hybridized carbons (Fsp3) is 0.562. The van der Waals surface area contributed by atoms with Gasteiger partial charge in [-0.3, -0.25) is 4.79 Å². The van der Waals surface area contributed by atoms with Gasteiger partial charge in [-0.1, -0.05) is 25.5 Å². The number of hydrogen-bond donors (Lipinski definition) is 1. The largest absolute Gasteiger partial charge is 0.330 e. The lowest BCUT2D eigenvalue weighted by molar-refractivity contribution is -0.118. The number of nitrogens with zero attached hydrogens (tertiary/aromatic N) is 1. The molecular weight excluding hydrogens is 268 g/mol. The molecule has 0 aliphatic carbocycles. The molecule has 1 aliphatic heterocycles. The van der Waals surface area contributed by atoms with E-state index in [1.54, 1.807) is 0 Å². The van der Waals surface area contributed by atoms with Crippen molar-refractivity contribution in [2.45, 2.75) is 37.5 Å². The Bertz CT molecular complexity index is 450. The minimum Gasteiger partial charge on any atom is -0.330 e. The maximum absolute atomic E-state index is 12.5. The molecule has 1 aliphatic rings. The highest BCUT2D eigenvalue weighted by Gasteiger charge is 2.22. The van der Waals surface area contributed by atoms with Gasteiger partial charge < -0.3 is 10.6 Å². The third kappa shape index (κ3) is 3.76. The number of fused-ring (bicyclic) bond motifs is 1. The van der Waals surface area contributed by atoms with Crippen molar-refractivity contribution < 1.29 is 4.79 Å². The van der Waals surface area contributed by atoms with Crippen LogP contribution in [0.3, 0.4) is 0 Å². The Balaban J connectivity index is 1.97. The van der Waals surface area contributed by atoms with Gasteiger partial charge in [-0.25, -0.2) is 0 Å². The van der Waals surface area contributed by atoms with E-state index in [2.05, 4.69) is 19.1 Å². The molecule has 1 aromatic carbocycles. The molecule has 110 valence electrons. The van der Waals surface area contributed by atoms with Gasteiger partial charge in [0.2, 0.25) is 5.91 Å². The second-order valence-corrected chi connectivity index (χ2v) is 6.39. The molecule has 4 heteroatoms. The summed E-state index contributed by atoms with van der Waals surface area (Å²) in [6, 6.07) is 8.20. The molecule has 0 spiro atoms. The number of carbonyl (C=O) groups excluding carboxylic acids is 1. The molecule has 0 aromatic heterocycles. The quantitative estimate of drug-likeness (QED) is 0.875. The summed E-state index contributed by atoms with van der Waals surface area (Å²) in [4.78, 5) is 15.7. The summed E-state index contributed by atoms with van der Waals surface area (Å²) in [6.07, 6.45) is 3.73. The lowest BCUT2D eigenvalue weighted by atomic mass is 9.96. The molecular formula is C16H24N2OS. The van der Waals surface area contributed by atoms with Crippen molar-refractivity contribution in [3.63, 3.8) is 0 Å². The highest BCUT2D eigenvalue weighted by atomic mass is 32.2. The van der Waals surface area contributed by atoms with E-state index >= 15 is 0 Å². The van der Waals surface area contributed by atoms with Crippen molar-refractivity contribution in [1.82, 2.24) is 0 Å². The van der Waals surface area contributed by atoms with Gasteiger partial charge in [0.05, 0.1) is 5.69 Å². The van der Waals surface area contributed by atoms with Crippen molar-refractivity contribution in [2.24, 2.45) is 11.7 Å². The third-order valence-electron chi connectivity index (χ3n) is 3.95. The first-order valence-electron chi connectivity index (χ1n) is 7.48. The van der Waals surface area contributed by atoms with Crippen LogP contribution in [0.15, 0.2) is 29.2 Å². The Kier molecular flexibility index (Phi) is 5.92. The minimum absolute atomic E-state index is 0.258. The van der Waals surface area contributed by atoms with E-state index in [0.717, 1.165) is 43.8 Å². The van der Waals surface area contributed by atoms with E-state index in [1.807, 2.05) is 28.8 Å². The van der Waals surface area contributed by atoms with Crippen LogP contribution in [0.4, 0.5) is 5.69 Å². The summed E-state index contributed by atoms with van der Waals surface area (Å²) >= 11 is 1.84. The topological polar surface area (TPSA) is 46.3 Å². The Hall–Kier alpha value is -1.00. The number of amides is 1. The van der Waals surface area contributed by atoms with Crippen molar-refractivity contribution in [1.29, 1.82) is 0 Å². The number of para-hydroxylation sites is 1. The van der Waals surface area contributed by atoms with Crippen LogP contribution in [0.2, 0.25) is 0 Å². The van der Waals surface area contributed by atoms with Gasteiger partial charge in [0.15, 0.2) is 0 Å². The summed E-state index contributed by atoms with van der Waals surface area (Å²) in [5.41, 5.74) is 6.70. The highest BCUT2D eigenvalue weighted by Crippen LogP contribution is 2.34. The van der Waals surface area contributed by atoms with Crippen LogP contribution in [0.5, 0.6) is 0 Å². The number of hydrogen-bond acceptors (Lipinski definition) is 3. The van der Waals surface area contributed by atoms with Crippen LogP contribution in [0, 0.1) is 5.92 Å². The number of benzene rings is 1. The third-order valence-corrected chi connectivity index (χ3v) is 4.99. The predicted octanol–water partition coefficient (Wildman–Crippen LogP) is 3.28. The zero-order chi connectivity index (χ0) is 14.4. The lowest BCUT2D eigenvalue weighted by Crippen LogP contribution is -2.35. The first-order chi connectivity index (χ1) is 9.76. The molecule has 1 amide bonds. The Morgan fingerprint density at radius 1 is 1.40 bits per heavy atom. The van der Waals surface area contributed by atoms with Crippen LogP contribution in [-0.2, 0) is 4.79 Å². The van der Waals surface area contributed by atoms with Crippen LogP contribution in [-0.4, -0.2) is 24.7 Å². The zero-order valence-electron chi connectivity index (χ0n) is 12.2. The monoisotopic (exact) mass is 292 g/mol. The van der Waals surface area contributed by atoms with E-state index in [4.69, 9.17) is 5.73 Å². The van der Waals surface area contributed by atoms with Gasteiger partial charge in [-0.2, -0.15) is 0 Å². The van der Waals surface area contributed by atoms with Gasteiger partial charge in [0.25, 0.3) is 0 Å². The summed E-state index contributed by atoms with van der Waals surface area (Å²) in [7, 11) is 0. The average Bonchev–Trinajstić information content (AvgIpc) is 2.50. The number of rotatable bonds is 6. The SMILES string of the molecule is CCC(CCN)CCC(=O)N1CCSc2ccccc21. The second kappa shape index (κ2) is 7.70. The molecule has 3 nitrogen and oxygen atoms in total. The smallest absolute Gasteiger partial charge is 0.227 e. The summed E-state index contributed by atoms with van der Waals surface area (Å²) in [5.74, 6) is 1.83. The van der Waals surface area contributed by atoms with Gasteiger partial charge in [-0.15, -0.1) is 11.8 Å². The Morgan fingerprint density at radius 2 is 2.20 bits per heavy atom. The molecule has 0 saturated heterocycles. The molecule has 0 saturated carbocycles. The van der Waals surface area contributed by atoms with Crippen LogP contribution in [0.1, 0.15) is 32.6 Å². The van der Waals surface area contributed by atoms with E-state index in [9.17, 15) is 4.79 Å². The van der Waals surface area contributed by atoms with Crippen LogP contribution < -0.4 is 10.6 Å². The van der Waals surface area contributed by atoms with E-state index in [1.165, 1.54) is 4.90 Å². The number of anilines is 1. The maximum atomic E-state index is 12.5. The van der Waals surface area contributed by atoms with Crippen molar-refractivity contribution in [3.8, 4) is 0 Å². The molecule has 2 N–H and O–H groups in total. The molecule has 1 atom stereocenters. The van der Waals surface area contributed by atoms with Gasteiger partial charge in [0, 0.05) is 23.6 Å². The van der Waals surface area contributed by atoms with Gasteiger partial charge in [0.1, 0.15) is 0 Å². The maximum Gasteiger partial charge on any atom is 0.227 e. The van der Waals surface area contributed by atoms with Crippen molar-refractivity contribution >= 4 is 23.4 Å². The molecule has 2 rings (SSSR count). The van der Waals surface area contributed by atoms with E-state index < -0.39 is 0 Å². The first-order valence-corrected chi connectivity index (χ1v) is 8.47. The summed E-state index contributed by atoms with van der Waals surface area (Å²) in [5, 5.41) is 0. The molecule has 1 heterocycles. The molecule has 20 heavy (non-hydrogen) atoms. The first kappa shape index (κ1) is 15.4. The Labute approximate surface area is 125 Å². The predicted molar refractivity (Wildman–Crippen MR) is 86.2 cm³/mol. The molecule has 1 aromatic rings. The van der Waals surface area contributed by atoms with Crippen LogP contribution >= 0.6 is 11.8 Å². The van der Waals surface area contributed by atoms with E-state index in [0.29, 0.717) is 12.3 Å². The molecule has 0 radical (unpaired) electrons. The number of thioether (sulfide) groups is 1. The van der Waals surface area contributed by atoms with Gasteiger partial charge >= 0.3 is 0 Å². The molecule has 0 bridgehead atoms. The Morgan fingerprint density at radius 3 is 2.95 bits per heavy atom. The molecule has 1 unspecified atom stereocenters. The average molecular weight is 292 g/mol. The fourth-order valence-electron chi connectivity index (χ4n) is 2.68. The standard InChI is InChI=1S/C16H24N2OS/c1-2-13(9-10-17)7-8-16(19)18-11-12-20-15-6-4-3-5-14(15)18/h3-6,13H,2,7-12,17H2,1H3. The van der Waals surface area contributed by atoms with Gasteiger partial charge in [-0.05, 0) is 37.4 Å². The van der Waals surface area contributed by atoms with E-state index in [-0.39, 0.29) is 5.91 Å². The second-order valence-electron chi connectivity index (χ2n) is 5.25. The molecule has 0 fully saturated rings. The number of carbonyl (C=O) groups is 1. The normalized spacial score (nSPS) is 15.8. The fourth-order valence-corrected chi connectivity index (χ4v) is 3.67.